The molecule has 0 aromatic carbocycles. The summed E-state index contributed by atoms with van der Waals surface area (Å²) in [7, 11) is 0. The van der Waals surface area contributed by atoms with Gasteiger partial charge in [-0.25, -0.2) is 0 Å². The van der Waals surface area contributed by atoms with Crippen LogP contribution in [0.3, 0.4) is 0 Å². The van der Waals surface area contributed by atoms with E-state index >= 15 is 0 Å². The molecule has 0 radical (unpaired) electrons. The number of nitrogens with two attached hydrogens (primary N) is 1. The fourth-order valence-corrected chi connectivity index (χ4v) is 0.864. The Morgan fingerprint density at radius 3 is 2.45 bits per heavy atom. The zero-order valence-electron chi connectivity index (χ0n) is 6.44. The average Bonchev–Trinajstić information content (AvgIpc) is 2.05. The normalized spacial score (nSPS) is 15.9. The second-order valence-corrected chi connectivity index (χ2v) is 2.55. The lowest BCUT2D eigenvalue weighted by Crippen LogP contribution is -2.22. The van der Waals surface area contributed by atoms with Crippen LogP contribution in [0.15, 0.2) is 24.5 Å². The van der Waals surface area contributed by atoms with Crippen LogP contribution in [0.2, 0.25) is 0 Å². The molecule has 3 N–H and O–H groups in total. The van der Waals surface area contributed by atoms with E-state index in [1.54, 1.807) is 31.5 Å². The van der Waals surface area contributed by atoms with Gasteiger partial charge in [0.15, 0.2) is 0 Å². The van der Waals surface area contributed by atoms with E-state index in [2.05, 4.69) is 4.98 Å². The van der Waals surface area contributed by atoms with E-state index in [1.165, 1.54) is 0 Å². The van der Waals surface area contributed by atoms with Crippen molar-refractivity contribution in [2.45, 2.75) is 19.1 Å². The van der Waals surface area contributed by atoms with Crippen LogP contribution < -0.4 is 5.73 Å². The molecule has 1 aromatic rings. The molecule has 0 aliphatic heterocycles. The lowest BCUT2D eigenvalue weighted by atomic mass is 10.1. The van der Waals surface area contributed by atoms with E-state index in [9.17, 15) is 0 Å². The monoisotopic (exact) mass is 152 g/mol. The zero-order chi connectivity index (χ0) is 8.27. The third kappa shape index (κ3) is 2.00. The van der Waals surface area contributed by atoms with Crippen molar-refractivity contribution in [3.8, 4) is 0 Å². The Labute approximate surface area is 65.9 Å². The summed E-state index contributed by atoms with van der Waals surface area (Å²) in [6, 6.07) is 3.30. The lowest BCUT2D eigenvalue weighted by molar-refractivity contribution is 0.164. The summed E-state index contributed by atoms with van der Waals surface area (Å²) in [5.41, 5.74) is 6.57. The van der Waals surface area contributed by atoms with Crippen molar-refractivity contribution in [1.29, 1.82) is 0 Å². The molecule has 0 bridgehead atoms. The highest BCUT2D eigenvalue weighted by Crippen LogP contribution is 2.11. The Balaban J connectivity index is 2.77. The minimum atomic E-state index is -0.516. The standard InChI is InChI=1S/C8H12N2O/c1-6(11)8(9)7-2-4-10-5-3-7/h2-6,8,11H,9H2,1H3/t6-,8+/m1/s1. The summed E-state index contributed by atoms with van der Waals surface area (Å²) in [5.74, 6) is 0. The smallest absolute Gasteiger partial charge is 0.0704 e. The van der Waals surface area contributed by atoms with Gasteiger partial charge in [-0.1, -0.05) is 0 Å². The Bertz CT molecular complexity index is 211. The molecular weight excluding hydrogens is 140 g/mol. The SMILES string of the molecule is C[C@@H](O)[C@H](N)c1ccncc1. The highest BCUT2D eigenvalue weighted by atomic mass is 16.3. The highest BCUT2D eigenvalue weighted by Gasteiger charge is 2.10. The summed E-state index contributed by atoms with van der Waals surface area (Å²) in [4.78, 5) is 3.85. The first kappa shape index (κ1) is 8.17. The topological polar surface area (TPSA) is 59.1 Å². The number of aromatic nitrogens is 1. The molecule has 0 aliphatic rings. The van der Waals surface area contributed by atoms with Gasteiger partial charge in [0.1, 0.15) is 0 Å². The maximum absolute atomic E-state index is 9.13. The molecule has 1 heterocycles. The lowest BCUT2D eigenvalue weighted by Gasteiger charge is -2.13. The first-order chi connectivity index (χ1) is 5.22. The second-order valence-electron chi connectivity index (χ2n) is 2.55. The third-order valence-electron chi connectivity index (χ3n) is 1.61. The predicted octanol–water partition coefficient (Wildman–Crippen LogP) is 0.462. The molecule has 1 aromatic heterocycles. The number of hydrogen-bond donors (Lipinski definition) is 2. The van der Waals surface area contributed by atoms with Crippen molar-refractivity contribution in [3.05, 3.63) is 30.1 Å². The Morgan fingerprint density at radius 1 is 1.45 bits per heavy atom. The van der Waals surface area contributed by atoms with Crippen LogP contribution in [0.25, 0.3) is 0 Å². The molecule has 0 unspecified atom stereocenters. The van der Waals surface area contributed by atoms with Gasteiger partial charge in [0.2, 0.25) is 0 Å². The summed E-state index contributed by atoms with van der Waals surface area (Å²) in [6.07, 6.45) is 2.81. The van der Waals surface area contributed by atoms with E-state index in [0.717, 1.165) is 5.56 Å². The molecule has 3 heteroatoms. The fraction of sp³-hybridized carbons (Fsp3) is 0.375. The fourth-order valence-electron chi connectivity index (χ4n) is 0.864. The molecule has 0 fully saturated rings. The van der Waals surface area contributed by atoms with Gasteiger partial charge < -0.3 is 10.8 Å². The number of nitrogens with zero attached hydrogens (tertiary/aromatic N) is 1. The summed E-state index contributed by atoms with van der Waals surface area (Å²) in [6.45, 7) is 1.67. The van der Waals surface area contributed by atoms with Gasteiger partial charge in [-0.3, -0.25) is 4.98 Å². The van der Waals surface area contributed by atoms with Gasteiger partial charge in [0.25, 0.3) is 0 Å². The van der Waals surface area contributed by atoms with Gasteiger partial charge in [0.05, 0.1) is 12.1 Å². The molecule has 1 rings (SSSR count). The summed E-state index contributed by atoms with van der Waals surface area (Å²) in [5, 5.41) is 9.13. The molecular formula is C8H12N2O. The molecule has 2 atom stereocenters. The first-order valence-electron chi connectivity index (χ1n) is 3.55. The Hall–Kier alpha value is -0.930. The van der Waals surface area contributed by atoms with Crippen LogP contribution in [0, 0.1) is 0 Å². The van der Waals surface area contributed by atoms with Crippen molar-refractivity contribution in [3.63, 3.8) is 0 Å². The van der Waals surface area contributed by atoms with Crippen molar-refractivity contribution in [2.24, 2.45) is 5.73 Å². The van der Waals surface area contributed by atoms with E-state index in [0.29, 0.717) is 0 Å². The van der Waals surface area contributed by atoms with Crippen molar-refractivity contribution >= 4 is 0 Å². The minimum absolute atomic E-state index is 0.307. The van der Waals surface area contributed by atoms with Gasteiger partial charge in [-0.05, 0) is 24.6 Å². The number of hydrogen-bond acceptors (Lipinski definition) is 3. The quantitative estimate of drug-likeness (QED) is 0.647. The average molecular weight is 152 g/mol. The van der Waals surface area contributed by atoms with E-state index in [1.807, 2.05) is 0 Å². The van der Waals surface area contributed by atoms with Gasteiger partial charge in [0, 0.05) is 12.4 Å². The highest BCUT2D eigenvalue weighted by molar-refractivity contribution is 5.15. The molecule has 0 amide bonds. The van der Waals surface area contributed by atoms with Crippen LogP contribution in [0.4, 0.5) is 0 Å². The third-order valence-corrected chi connectivity index (χ3v) is 1.61. The maximum Gasteiger partial charge on any atom is 0.0704 e. The number of pyridine rings is 1. The minimum Gasteiger partial charge on any atom is -0.391 e. The second kappa shape index (κ2) is 3.46. The summed E-state index contributed by atoms with van der Waals surface area (Å²) < 4.78 is 0. The maximum atomic E-state index is 9.13. The molecule has 0 saturated carbocycles. The zero-order valence-corrected chi connectivity index (χ0v) is 6.44. The van der Waals surface area contributed by atoms with E-state index in [4.69, 9.17) is 10.8 Å². The van der Waals surface area contributed by atoms with E-state index < -0.39 is 6.10 Å². The Morgan fingerprint density at radius 2 is 2.00 bits per heavy atom. The van der Waals surface area contributed by atoms with Crippen molar-refractivity contribution in [1.82, 2.24) is 4.98 Å². The number of aliphatic hydroxyl groups is 1. The van der Waals surface area contributed by atoms with E-state index in [-0.39, 0.29) is 6.04 Å². The molecule has 60 valence electrons. The molecule has 3 nitrogen and oxygen atoms in total. The van der Waals surface area contributed by atoms with Crippen molar-refractivity contribution in [2.75, 3.05) is 0 Å². The number of rotatable bonds is 2. The van der Waals surface area contributed by atoms with Crippen molar-refractivity contribution < 1.29 is 5.11 Å². The molecule has 0 saturated heterocycles. The largest absolute Gasteiger partial charge is 0.391 e. The van der Waals surface area contributed by atoms with Crippen LogP contribution in [-0.2, 0) is 0 Å². The molecule has 0 aliphatic carbocycles. The van der Waals surface area contributed by atoms with Crippen LogP contribution in [-0.4, -0.2) is 16.2 Å². The van der Waals surface area contributed by atoms with Gasteiger partial charge in [-0.2, -0.15) is 0 Å². The van der Waals surface area contributed by atoms with Gasteiger partial charge >= 0.3 is 0 Å². The van der Waals surface area contributed by atoms with Crippen LogP contribution >= 0.6 is 0 Å². The van der Waals surface area contributed by atoms with Crippen LogP contribution in [0.5, 0.6) is 0 Å². The van der Waals surface area contributed by atoms with Gasteiger partial charge in [-0.15, -0.1) is 0 Å². The molecule has 0 spiro atoms. The molecule has 11 heavy (non-hydrogen) atoms. The predicted molar refractivity (Wildman–Crippen MR) is 42.8 cm³/mol. The first-order valence-corrected chi connectivity index (χ1v) is 3.55. The van der Waals surface area contributed by atoms with Crippen LogP contribution in [0.1, 0.15) is 18.5 Å². The number of aliphatic hydroxyl groups excluding tert-OH is 1. The Kier molecular flexibility index (Phi) is 2.57. The summed E-state index contributed by atoms with van der Waals surface area (Å²) >= 11 is 0.